The first-order chi connectivity index (χ1) is 10.2. The van der Waals surface area contributed by atoms with Crippen LogP contribution in [0.25, 0.3) is 0 Å². The molecule has 0 saturated heterocycles. The summed E-state index contributed by atoms with van der Waals surface area (Å²) in [5, 5.41) is 5.85. The molecule has 0 aliphatic carbocycles. The molecule has 0 spiro atoms. The van der Waals surface area contributed by atoms with Crippen LogP contribution in [0.3, 0.4) is 0 Å². The van der Waals surface area contributed by atoms with Gasteiger partial charge >= 0.3 is 0 Å². The van der Waals surface area contributed by atoms with Gasteiger partial charge in [-0.3, -0.25) is 0 Å². The second-order valence-corrected chi connectivity index (χ2v) is 5.71. The van der Waals surface area contributed by atoms with Crippen molar-refractivity contribution >= 4 is 17.2 Å². The molecule has 2 N–H and O–H groups in total. The topological polar surface area (TPSA) is 56.8 Å². The number of rotatable bonds is 7. The van der Waals surface area contributed by atoms with E-state index in [0.717, 1.165) is 22.6 Å². The highest BCUT2D eigenvalue weighted by Gasteiger charge is 2.01. The van der Waals surface area contributed by atoms with Gasteiger partial charge in [0.2, 0.25) is 0 Å². The first-order valence-corrected chi connectivity index (χ1v) is 7.74. The van der Waals surface area contributed by atoms with Crippen LogP contribution in [0.1, 0.15) is 22.4 Å². The van der Waals surface area contributed by atoms with Crippen molar-refractivity contribution in [3.8, 4) is 5.75 Å². The maximum absolute atomic E-state index is 5.79. The number of hydrogen-bond donors (Lipinski definition) is 1. The lowest BCUT2D eigenvalue weighted by Gasteiger charge is -2.09. The predicted octanol–water partition coefficient (Wildman–Crippen LogP) is 3.47. The second-order valence-electron chi connectivity index (χ2n) is 4.76. The van der Waals surface area contributed by atoms with Crippen molar-refractivity contribution in [1.82, 2.24) is 0 Å². The molecule has 0 unspecified atom stereocenters. The van der Waals surface area contributed by atoms with E-state index in [9.17, 15) is 0 Å². The molecule has 0 fully saturated rings. The van der Waals surface area contributed by atoms with Crippen LogP contribution >= 0.6 is 11.3 Å². The number of aryl methyl sites for hydroxylation is 2. The summed E-state index contributed by atoms with van der Waals surface area (Å²) >= 11 is 1.54. The van der Waals surface area contributed by atoms with E-state index in [1.54, 1.807) is 0 Å². The quantitative estimate of drug-likeness (QED) is 0.369. The van der Waals surface area contributed by atoms with E-state index in [-0.39, 0.29) is 0 Å². The molecule has 1 aromatic carbocycles. The van der Waals surface area contributed by atoms with Gasteiger partial charge in [-0.25, -0.2) is 0 Å². The second kappa shape index (κ2) is 7.69. The summed E-state index contributed by atoms with van der Waals surface area (Å²) in [7, 11) is 0. The SMILES string of the molecule is Cc1ccc(C)c(OCCCO/N=C(/N)c2cccs2)c1. The first kappa shape index (κ1) is 15.4. The Hall–Kier alpha value is -2.01. The maximum Gasteiger partial charge on any atom is 0.180 e. The zero-order valence-corrected chi connectivity index (χ0v) is 13.2. The summed E-state index contributed by atoms with van der Waals surface area (Å²) in [5.41, 5.74) is 8.12. The Bertz CT molecular complexity index is 594. The molecule has 0 saturated carbocycles. The van der Waals surface area contributed by atoms with Gasteiger partial charge < -0.3 is 15.3 Å². The van der Waals surface area contributed by atoms with Gasteiger partial charge in [-0.2, -0.15) is 0 Å². The number of benzene rings is 1. The van der Waals surface area contributed by atoms with Gasteiger partial charge in [-0.15, -0.1) is 11.3 Å². The van der Waals surface area contributed by atoms with E-state index in [2.05, 4.69) is 24.2 Å². The van der Waals surface area contributed by atoms with E-state index in [1.165, 1.54) is 16.9 Å². The molecular formula is C16H20N2O2S. The lowest BCUT2D eigenvalue weighted by Crippen LogP contribution is -2.12. The average Bonchev–Trinajstić information content (AvgIpc) is 3.00. The standard InChI is InChI=1S/C16H20N2O2S/c1-12-6-7-13(2)14(11-12)19-8-4-9-20-18-16(17)15-5-3-10-21-15/h3,5-7,10-11H,4,8-9H2,1-2H3,(H2,17,18). The van der Waals surface area contributed by atoms with Crippen molar-refractivity contribution in [3.05, 3.63) is 51.7 Å². The molecule has 112 valence electrons. The van der Waals surface area contributed by atoms with E-state index < -0.39 is 0 Å². The Morgan fingerprint density at radius 3 is 2.86 bits per heavy atom. The van der Waals surface area contributed by atoms with Crippen molar-refractivity contribution in [2.75, 3.05) is 13.2 Å². The number of hydrogen-bond acceptors (Lipinski definition) is 4. The van der Waals surface area contributed by atoms with E-state index >= 15 is 0 Å². The van der Waals surface area contributed by atoms with Crippen molar-refractivity contribution in [2.45, 2.75) is 20.3 Å². The van der Waals surface area contributed by atoms with Gasteiger partial charge in [0.25, 0.3) is 0 Å². The molecule has 0 bridgehead atoms. The summed E-state index contributed by atoms with van der Waals surface area (Å²) in [5.74, 6) is 1.34. The summed E-state index contributed by atoms with van der Waals surface area (Å²) in [6.45, 7) is 5.17. The van der Waals surface area contributed by atoms with Gasteiger partial charge in [0.05, 0.1) is 11.5 Å². The lowest BCUT2D eigenvalue weighted by molar-refractivity contribution is 0.127. The van der Waals surface area contributed by atoms with Crippen LogP contribution in [0.5, 0.6) is 5.75 Å². The van der Waals surface area contributed by atoms with Crippen LogP contribution in [-0.2, 0) is 4.84 Å². The molecule has 1 heterocycles. The zero-order valence-electron chi connectivity index (χ0n) is 12.3. The molecule has 2 aromatic rings. The fourth-order valence-corrected chi connectivity index (χ4v) is 2.37. The first-order valence-electron chi connectivity index (χ1n) is 6.86. The number of amidine groups is 1. The number of nitrogens with zero attached hydrogens (tertiary/aromatic N) is 1. The van der Waals surface area contributed by atoms with Crippen LogP contribution in [-0.4, -0.2) is 19.0 Å². The van der Waals surface area contributed by atoms with Gasteiger partial charge in [0.15, 0.2) is 5.84 Å². The molecule has 0 atom stereocenters. The minimum absolute atomic E-state index is 0.417. The molecule has 0 aliphatic heterocycles. The fraction of sp³-hybridized carbons (Fsp3) is 0.312. The average molecular weight is 304 g/mol. The normalized spacial score (nSPS) is 11.4. The third-order valence-electron chi connectivity index (χ3n) is 2.92. The fourth-order valence-electron chi connectivity index (χ4n) is 1.75. The van der Waals surface area contributed by atoms with Gasteiger partial charge in [0, 0.05) is 6.42 Å². The predicted molar refractivity (Wildman–Crippen MR) is 87.0 cm³/mol. The Morgan fingerprint density at radius 1 is 1.24 bits per heavy atom. The molecule has 0 radical (unpaired) electrons. The summed E-state index contributed by atoms with van der Waals surface area (Å²) in [6, 6.07) is 10.0. The Morgan fingerprint density at radius 2 is 2.10 bits per heavy atom. The molecule has 4 nitrogen and oxygen atoms in total. The summed E-state index contributed by atoms with van der Waals surface area (Å²) in [6.07, 6.45) is 0.759. The number of nitrogens with two attached hydrogens (primary N) is 1. The number of ether oxygens (including phenoxy) is 1. The van der Waals surface area contributed by atoms with Crippen molar-refractivity contribution in [1.29, 1.82) is 0 Å². The minimum atomic E-state index is 0.417. The lowest BCUT2D eigenvalue weighted by atomic mass is 10.1. The van der Waals surface area contributed by atoms with Gasteiger partial charge in [0.1, 0.15) is 12.4 Å². The molecule has 1 aromatic heterocycles. The minimum Gasteiger partial charge on any atom is -0.493 e. The Kier molecular flexibility index (Phi) is 5.63. The van der Waals surface area contributed by atoms with Crippen LogP contribution in [0.4, 0.5) is 0 Å². The van der Waals surface area contributed by atoms with Crippen LogP contribution in [0.2, 0.25) is 0 Å². The summed E-state index contributed by atoms with van der Waals surface area (Å²) < 4.78 is 5.74. The van der Waals surface area contributed by atoms with Crippen molar-refractivity contribution in [2.24, 2.45) is 10.9 Å². The number of oxime groups is 1. The van der Waals surface area contributed by atoms with E-state index in [0.29, 0.717) is 19.0 Å². The van der Waals surface area contributed by atoms with Crippen molar-refractivity contribution < 1.29 is 9.57 Å². The maximum atomic E-state index is 5.79. The molecule has 2 rings (SSSR count). The third-order valence-corrected chi connectivity index (χ3v) is 3.81. The van der Waals surface area contributed by atoms with Gasteiger partial charge in [-0.1, -0.05) is 23.4 Å². The van der Waals surface area contributed by atoms with Crippen LogP contribution in [0, 0.1) is 13.8 Å². The highest BCUT2D eigenvalue weighted by Crippen LogP contribution is 2.19. The third kappa shape index (κ3) is 4.79. The van der Waals surface area contributed by atoms with E-state index in [4.69, 9.17) is 15.3 Å². The van der Waals surface area contributed by atoms with Crippen molar-refractivity contribution in [3.63, 3.8) is 0 Å². The molecule has 0 amide bonds. The number of thiophene rings is 1. The molecule has 0 aliphatic rings. The Balaban J connectivity index is 1.68. The monoisotopic (exact) mass is 304 g/mol. The highest BCUT2D eigenvalue weighted by atomic mass is 32.1. The van der Waals surface area contributed by atoms with Crippen LogP contribution in [0.15, 0.2) is 40.9 Å². The van der Waals surface area contributed by atoms with E-state index in [1.807, 2.05) is 30.5 Å². The molecule has 21 heavy (non-hydrogen) atoms. The molecular weight excluding hydrogens is 284 g/mol. The molecule has 5 heteroatoms. The largest absolute Gasteiger partial charge is 0.493 e. The Labute approximate surface area is 129 Å². The highest BCUT2D eigenvalue weighted by molar-refractivity contribution is 7.12. The summed E-state index contributed by atoms with van der Waals surface area (Å²) in [4.78, 5) is 6.12. The van der Waals surface area contributed by atoms with Gasteiger partial charge in [-0.05, 0) is 42.5 Å². The van der Waals surface area contributed by atoms with Crippen LogP contribution < -0.4 is 10.5 Å². The zero-order chi connectivity index (χ0) is 15.1. The smallest absolute Gasteiger partial charge is 0.180 e.